The third-order valence-corrected chi connectivity index (χ3v) is 3.71. The van der Waals surface area contributed by atoms with Crippen LogP contribution >= 0.6 is 0 Å². The highest BCUT2D eigenvalue weighted by Gasteiger charge is 2.13. The fourth-order valence-corrected chi connectivity index (χ4v) is 2.58. The van der Waals surface area contributed by atoms with Gasteiger partial charge in [-0.15, -0.1) is 0 Å². The molecule has 1 heterocycles. The van der Waals surface area contributed by atoms with E-state index in [4.69, 9.17) is 10.00 Å². The highest BCUT2D eigenvalue weighted by molar-refractivity contribution is 5.92. The normalized spacial score (nSPS) is 10.5. The number of benzene rings is 2. The van der Waals surface area contributed by atoms with Gasteiger partial charge in [-0.05, 0) is 36.2 Å². The van der Waals surface area contributed by atoms with Gasteiger partial charge in [-0.1, -0.05) is 29.8 Å². The molecule has 0 spiro atoms. The van der Waals surface area contributed by atoms with Gasteiger partial charge >= 0.3 is 0 Å². The maximum atomic E-state index is 9.14. The van der Waals surface area contributed by atoms with Crippen molar-refractivity contribution < 1.29 is 4.74 Å². The molecule has 0 saturated carbocycles. The fraction of sp³-hybridized carbons (Fsp3) is 0.167. The molecule has 3 nitrogen and oxygen atoms in total. The summed E-state index contributed by atoms with van der Waals surface area (Å²) in [5.41, 5.74) is 5.38. The third-order valence-electron chi connectivity index (χ3n) is 3.71. The predicted molar refractivity (Wildman–Crippen MR) is 84.3 cm³/mol. The lowest BCUT2D eigenvalue weighted by Gasteiger charge is -2.03. The van der Waals surface area contributed by atoms with Crippen LogP contribution in [0.3, 0.4) is 0 Å². The third kappa shape index (κ3) is 2.36. The summed E-state index contributed by atoms with van der Waals surface area (Å²) in [6.07, 6.45) is 0.371. The number of aryl methyl sites for hydroxylation is 1. The lowest BCUT2D eigenvalue weighted by Crippen LogP contribution is -1.86. The number of aromatic amines is 1. The van der Waals surface area contributed by atoms with Crippen LogP contribution in [-0.2, 0) is 6.42 Å². The zero-order valence-electron chi connectivity index (χ0n) is 12.1. The number of hydrogen-bond donors (Lipinski definition) is 1. The Morgan fingerprint density at radius 1 is 1.14 bits per heavy atom. The van der Waals surface area contributed by atoms with Gasteiger partial charge in [-0.25, -0.2) is 0 Å². The van der Waals surface area contributed by atoms with Crippen molar-refractivity contribution in [3.05, 3.63) is 53.6 Å². The van der Waals surface area contributed by atoms with Crippen molar-refractivity contribution in [1.82, 2.24) is 4.98 Å². The van der Waals surface area contributed by atoms with Gasteiger partial charge in [0.15, 0.2) is 0 Å². The zero-order chi connectivity index (χ0) is 14.8. The Labute approximate surface area is 123 Å². The van der Waals surface area contributed by atoms with Crippen molar-refractivity contribution in [3.63, 3.8) is 0 Å². The summed E-state index contributed by atoms with van der Waals surface area (Å²) in [5, 5.41) is 10.2. The lowest BCUT2D eigenvalue weighted by atomic mass is 10.0. The van der Waals surface area contributed by atoms with Crippen LogP contribution in [0.2, 0.25) is 0 Å². The molecule has 0 saturated heterocycles. The Balaban J connectivity index is 2.24. The first kappa shape index (κ1) is 13.3. The molecule has 0 aliphatic rings. The predicted octanol–water partition coefficient (Wildman–Crippen LogP) is 4.22. The smallest absolute Gasteiger partial charge is 0.119 e. The summed E-state index contributed by atoms with van der Waals surface area (Å²) in [5.74, 6) is 0.802. The van der Waals surface area contributed by atoms with Crippen molar-refractivity contribution >= 4 is 10.9 Å². The summed E-state index contributed by atoms with van der Waals surface area (Å²) in [7, 11) is 1.65. The van der Waals surface area contributed by atoms with Crippen LogP contribution in [0.4, 0.5) is 0 Å². The van der Waals surface area contributed by atoms with Crippen molar-refractivity contribution in [1.29, 1.82) is 5.26 Å². The quantitative estimate of drug-likeness (QED) is 0.778. The van der Waals surface area contributed by atoms with Crippen LogP contribution in [-0.4, -0.2) is 12.1 Å². The van der Waals surface area contributed by atoms with Gasteiger partial charge < -0.3 is 9.72 Å². The average molecular weight is 276 g/mol. The first-order valence-corrected chi connectivity index (χ1v) is 6.85. The topological polar surface area (TPSA) is 48.8 Å². The average Bonchev–Trinajstić information content (AvgIpc) is 2.86. The molecular formula is C18H16N2O. The summed E-state index contributed by atoms with van der Waals surface area (Å²) >= 11 is 0. The molecule has 104 valence electrons. The monoisotopic (exact) mass is 276 g/mol. The number of H-pyrrole nitrogens is 1. The maximum Gasteiger partial charge on any atom is 0.119 e. The van der Waals surface area contributed by atoms with E-state index in [1.807, 2.05) is 18.2 Å². The first-order valence-electron chi connectivity index (χ1n) is 6.85. The van der Waals surface area contributed by atoms with E-state index in [0.717, 1.165) is 33.5 Å². The van der Waals surface area contributed by atoms with E-state index in [0.29, 0.717) is 6.42 Å². The number of nitrogens with one attached hydrogen (secondary N) is 1. The van der Waals surface area contributed by atoms with Crippen LogP contribution < -0.4 is 4.74 Å². The number of rotatable bonds is 3. The fourth-order valence-electron chi connectivity index (χ4n) is 2.58. The van der Waals surface area contributed by atoms with E-state index < -0.39 is 0 Å². The summed E-state index contributed by atoms with van der Waals surface area (Å²) in [6, 6.07) is 16.5. The molecule has 0 bridgehead atoms. The highest BCUT2D eigenvalue weighted by Crippen LogP contribution is 2.32. The number of ether oxygens (including phenoxy) is 1. The van der Waals surface area contributed by atoms with Gasteiger partial charge in [0.2, 0.25) is 0 Å². The van der Waals surface area contributed by atoms with Crippen LogP contribution in [0.1, 0.15) is 11.1 Å². The first-order chi connectivity index (χ1) is 10.2. The molecule has 3 rings (SSSR count). The summed E-state index contributed by atoms with van der Waals surface area (Å²) in [6.45, 7) is 2.07. The molecule has 0 aliphatic carbocycles. The van der Waals surface area contributed by atoms with Crippen LogP contribution in [0, 0.1) is 18.3 Å². The van der Waals surface area contributed by atoms with E-state index >= 15 is 0 Å². The Hall–Kier alpha value is -2.73. The standard InChI is InChI=1S/C18H16N2O/c1-12-3-5-13(6-4-12)18-15(9-10-19)16-11-14(21-2)7-8-17(16)20-18/h3-8,11,20H,9H2,1-2H3. The number of nitriles is 1. The SMILES string of the molecule is COc1ccc2[nH]c(-c3ccc(C)cc3)c(CC#N)c2c1. The molecule has 3 aromatic rings. The Kier molecular flexibility index (Phi) is 3.37. The molecule has 3 heteroatoms. The molecule has 2 aromatic carbocycles. The van der Waals surface area contributed by atoms with Crippen LogP contribution in [0.5, 0.6) is 5.75 Å². The second-order valence-corrected chi connectivity index (χ2v) is 5.09. The maximum absolute atomic E-state index is 9.14. The van der Waals surface area contributed by atoms with Crippen molar-refractivity contribution in [2.75, 3.05) is 7.11 Å². The molecule has 1 aromatic heterocycles. The molecular weight excluding hydrogens is 260 g/mol. The molecule has 0 aliphatic heterocycles. The Morgan fingerprint density at radius 2 is 1.90 bits per heavy atom. The van der Waals surface area contributed by atoms with E-state index in [1.54, 1.807) is 7.11 Å². The largest absolute Gasteiger partial charge is 0.497 e. The van der Waals surface area contributed by atoms with Crippen molar-refractivity contribution in [2.24, 2.45) is 0 Å². The van der Waals surface area contributed by atoms with Crippen molar-refractivity contribution in [2.45, 2.75) is 13.3 Å². The molecule has 0 fully saturated rings. The number of aromatic nitrogens is 1. The molecule has 21 heavy (non-hydrogen) atoms. The summed E-state index contributed by atoms with van der Waals surface area (Å²) < 4.78 is 5.29. The lowest BCUT2D eigenvalue weighted by molar-refractivity contribution is 0.415. The molecule has 0 radical (unpaired) electrons. The minimum absolute atomic E-state index is 0.371. The zero-order valence-corrected chi connectivity index (χ0v) is 12.1. The number of nitrogens with zero attached hydrogens (tertiary/aromatic N) is 1. The van der Waals surface area contributed by atoms with E-state index in [9.17, 15) is 0 Å². The minimum atomic E-state index is 0.371. The number of methoxy groups -OCH3 is 1. The Morgan fingerprint density at radius 3 is 2.57 bits per heavy atom. The number of fused-ring (bicyclic) bond motifs is 1. The van der Waals surface area contributed by atoms with E-state index in [-0.39, 0.29) is 0 Å². The second kappa shape index (κ2) is 5.34. The van der Waals surface area contributed by atoms with Gasteiger partial charge in [0.25, 0.3) is 0 Å². The van der Waals surface area contributed by atoms with E-state index in [1.165, 1.54) is 5.56 Å². The minimum Gasteiger partial charge on any atom is -0.497 e. The molecule has 1 N–H and O–H groups in total. The highest BCUT2D eigenvalue weighted by atomic mass is 16.5. The Bertz CT molecular complexity index is 823. The molecule has 0 amide bonds. The molecule has 0 atom stereocenters. The van der Waals surface area contributed by atoms with Gasteiger partial charge in [-0.2, -0.15) is 5.26 Å². The number of hydrogen-bond acceptors (Lipinski definition) is 2. The second-order valence-electron chi connectivity index (χ2n) is 5.09. The van der Waals surface area contributed by atoms with Gasteiger partial charge in [0, 0.05) is 10.9 Å². The van der Waals surface area contributed by atoms with E-state index in [2.05, 4.69) is 42.2 Å². The summed E-state index contributed by atoms with van der Waals surface area (Å²) in [4.78, 5) is 3.43. The molecule has 0 unspecified atom stereocenters. The van der Waals surface area contributed by atoms with Crippen LogP contribution in [0.15, 0.2) is 42.5 Å². The van der Waals surface area contributed by atoms with Gasteiger partial charge in [0.05, 0.1) is 25.3 Å². The van der Waals surface area contributed by atoms with Crippen molar-refractivity contribution in [3.8, 4) is 23.1 Å². The van der Waals surface area contributed by atoms with Crippen LogP contribution in [0.25, 0.3) is 22.2 Å². The van der Waals surface area contributed by atoms with Gasteiger partial charge in [0.1, 0.15) is 5.75 Å². The van der Waals surface area contributed by atoms with Gasteiger partial charge in [-0.3, -0.25) is 0 Å².